The maximum atomic E-state index is 15.5. The number of amides is 2. The van der Waals surface area contributed by atoms with E-state index in [1.54, 1.807) is 12.1 Å². The second-order valence-electron chi connectivity index (χ2n) is 14.1. The summed E-state index contributed by atoms with van der Waals surface area (Å²) in [5, 5.41) is 12.7. The molecule has 2 N–H and O–H groups in total. The third-order valence-corrected chi connectivity index (χ3v) is 14.5. The van der Waals surface area contributed by atoms with Crippen molar-refractivity contribution in [3.8, 4) is 0 Å². The summed E-state index contributed by atoms with van der Waals surface area (Å²) in [6, 6.07) is 9.38. The van der Waals surface area contributed by atoms with Crippen LogP contribution in [-0.4, -0.2) is 67.2 Å². The van der Waals surface area contributed by atoms with Gasteiger partial charge in [0.05, 0.1) is 55.0 Å². The fraction of sp³-hybridized carbons (Fsp3) is 0.472. The number of morpholine rings is 1. The van der Waals surface area contributed by atoms with Crippen LogP contribution >= 0.6 is 11.6 Å². The number of hydrogen-bond donors (Lipinski definition) is 2. The number of pyridine rings is 1. The van der Waals surface area contributed by atoms with E-state index in [2.05, 4.69) is 44.2 Å². The fourth-order valence-corrected chi connectivity index (χ4v) is 6.99. The number of halogens is 4. The Balaban J connectivity index is 1.51. The molecule has 4 rings (SSSR count). The lowest BCUT2D eigenvalue weighted by Crippen LogP contribution is -2.55. The lowest BCUT2D eigenvalue weighted by atomic mass is 9.87. The van der Waals surface area contributed by atoms with Gasteiger partial charge in [-0.05, 0) is 72.3 Å². The molecule has 8 nitrogen and oxygen atoms in total. The summed E-state index contributed by atoms with van der Waals surface area (Å²) >= 11 is 5.89. The Bertz CT molecular complexity index is 1640. The number of anilines is 1. The highest BCUT2D eigenvalue weighted by Gasteiger charge is 2.40. The second kappa shape index (κ2) is 16.1. The highest BCUT2D eigenvalue weighted by Crippen LogP contribution is 2.38. The maximum Gasteiger partial charge on any atom is 0.407 e. The zero-order valence-electron chi connectivity index (χ0n) is 28.7. The van der Waals surface area contributed by atoms with Gasteiger partial charge in [0.2, 0.25) is 5.91 Å². The molecule has 0 aliphatic carbocycles. The molecule has 266 valence electrons. The molecule has 1 saturated heterocycles. The summed E-state index contributed by atoms with van der Waals surface area (Å²) in [6.45, 7) is 12.9. The van der Waals surface area contributed by atoms with E-state index in [9.17, 15) is 23.5 Å². The lowest BCUT2D eigenvalue weighted by molar-refractivity contribution is -0.116. The van der Waals surface area contributed by atoms with E-state index in [1.165, 1.54) is 41.4 Å². The predicted molar refractivity (Wildman–Crippen MR) is 186 cm³/mol. The van der Waals surface area contributed by atoms with E-state index in [4.69, 9.17) is 20.8 Å². The second-order valence-corrected chi connectivity index (χ2v) is 19.3. The molecule has 0 saturated carbocycles. The maximum absolute atomic E-state index is 15.5. The Morgan fingerprint density at radius 2 is 1.84 bits per heavy atom. The first kappa shape index (κ1) is 38.4. The van der Waals surface area contributed by atoms with Gasteiger partial charge in [0.1, 0.15) is 17.5 Å². The van der Waals surface area contributed by atoms with E-state index in [0.717, 1.165) is 6.20 Å². The third-order valence-electron chi connectivity index (χ3n) is 9.70. The molecular weight excluding hydrogens is 675 g/mol. The number of carbonyl (C=O) groups is 2. The molecule has 1 aromatic heterocycles. The molecule has 3 aromatic rings. The minimum atomic E-state index is -2.13. The lowest BCUT2D eigenvalue weighted by Gasteiger charge is -2.42. The molecule has 1 fully saturated rings. The number of carboxylic acid groups (broad SMARTS) is 1. The van der Waals surface area contributed by atoms with Crippen LogP contribution in [0.4, 0.5) is 23.7 Å². The Morgan fingerprint density at radius 1 is 1.12 bits per heavy atom. The van der Waals surface area contributed by atoms with Crippen LogP contribution in [0.5, 0.6) is 0 Å². The van der Waals surface area contributed by atoms with Crippen molar-refractivity contribution in [3.63, 3.8) is 0 Å². The van der Waals surface area contributed by atoms with E-state index in [-0.39, 0.29) is 53.9 Å². The van der Waals surface area contributed by atoms with E-state index >= 15 is 4.39 Å². The van der Waals surface area contributed by atoms with Crippen molar-refractivity contribution in [1.82, 2.24) is 9.88 Å². The van der Waals surface area contributed by atoms with Crippen molar-refractivity contribution in [2.24, 2.45) is 0 Å². The zero-order chi connectivity index (χ0) is 36.1. The Hall–Kier alpha value is -3.45. The standard InChI is InChI=1S/C36H45ClF3N3O5Si/c1-7-22(14-27-19-43(35(45)46)26(20-47-27)21-48-49(5,6)36(2,3)4)34-31(40)17-41-18-32(34)42-33(44)16-28(23-9-8-10-25(38)13-23)24-11-12-29(37)30(39)15-24/h8-13,15,17-18,22,26-28H,7,14,16,19-21H2,1-6H3,(H,42,44)(H,45,46)/t22?,26?,27?,28-/m1/s1. The van der Waals surface area contributed by atoms with Crippen LogP contribution < -0.4 is 5.32 Å². The van der Waals surface area contributed by atoms with E-state index < -0.39 is 61.8 Å². The number of hydrogen-bond acceptors (Lipinski definition) is 5. The zero-order valence-corrected chi connectivity index (χ0v) is 30.5. The first-order chi connectivity index (χ1) is 23.0. The van der Waals surface area contributed by atoms with Crippen LogP contribution in [-0.2, 0) is 14.0 Å². The number of carbonyl (C=O) groups excluding carboxylic acids is 1. The van der Waals surface area contributed by atoms with E-state index in [0.29, 0.717) is 17.5 Å². The average Bonchev–Trinajstić information content (AvgIpc) is 3.03. The van der Waals surface area contributed by atoms with Gasteiger partial charge in [-0.25, -0.2) is 18.0 Å². The summed E-state index contributed by atoms with van der Waals surface area (Å²) in [6.07, 6.45) is 1.35. The van der Waals surface area contributed by atoms with Gasteiger partial charge in [-0.2, -0.15) is 0 Å². The summed E-state index contributed by atoms with van der Waals surface area (Å²) in [5.41, 5.74) is 1.24. The third kappa shape index (κ3) is 9.62. The number of nitrogens with zero attached hydrogens (tertiary/aromatic N) is 2. The number of ether oxygens (including phenoxy) is 1. The van der Waals surface area contributed by atoms with E-state index in [1.807, 2.05) is 6.92 Å². The molecule has 2 heterocycles. The SMILES string of the molecule is CCC(CC1CN(C(=O)O)C(CO[Si](C)(C)C(C)(C)C)CO1)c1c(F)cncc1NC(=O)C[C@H](c1cccc(F)c1)c1ccc(Cl)c(F)c1. The van der Waals surface area contributed by atoms with Crippen molar-refractivity contribution in [3.05, 3.63) is 94.0 Å². The first-order valence-corrected chi connectivity index (χ1v) is 19.7. The van der Waals surface area contributed by atoms with Crippen molar-refractivity contribution in [2.45, 2.75) is 89.1 Å². The van der Waals surface area contributed by atoms with Crippen LogP contribution in [0.25, 0.3) is 0 Å². The summed E-state index contributed by atoms with van der Waals surface area (Å²) in [5.74, 6) is -3.53. The van der Waals surface area contributed by atoms with Crippen LogP contribution in [0.2, 0.25) is 23.2 Å². The van der Waals surface area contributed by atoms with Gasteiger partial charge in [0.15, 0.2) is 8.32 Å². The molecule has 1 aliphatic heterocycles. The van der Waals surface area contributed by atoms with Crippen molar-refractivity contribution < 1.29 is 37.0 Å². The quantitative estimate of drug-likeness (QED) is 0.181. The Labute approximate surface area is 292 Å². The number of aromatic nitrogens is 1. The average molecular weight is 720 g/mol. The van der Waals surface area contributed by atoms with Crippen LogP contribution in [0.3, 0.4) is 0 Å². The van der Waals surface area contributed by atoms with Crippen molar-refractivity contribution in [2.75, 3.05) is 25.1 Å². The minimum absolute atomic E-state index is 0.0383. The van der Waals surface area contributed by atoms with Crippen LogP contribution in [0, 0.1) is 17.5 Å². The Morgan fingerprint density at radius 3 is 2.47 bits per heavy atom. The molecular formula is C36H45ClF3N3O5Si. The Kier molecular flexibility index (Phi) is 12.6. The molecule has 0 spiro atoms. The summed E-state index contributed by atoms with van der Waals surface area (Å²) < 4.78 is 56.6. The normalized spacial score (nSPS) is 18.2. The topological polar surface area (TPSA) is 101 Å². The fourth-order valence-electron chi connectivity index (χ4n) is 5.83. The molecule has 13 heteroatoms. The minimum Gasteiger partial charge on any atom is -0.465 e. The van der Waals surface area contributed by atoms with Crippen LogP contribution in [0.1, 0.15) is 75.5 Å². The molecule has 4 atom stereocenters. The summed E-state index contributed by atoms with van der Waals surface area (Å²) in [4.78, 5) is 31.1. The van der Waals surface area contributed by atoms with Gasteiger partial charge >= 0.3 is 6.09 Å². The molecule has 3 unspecified atom stereocenters. The first-order valence-electron chi connectivity index (χ1n) is 16.4. The summed E-state index contributed by atoms with van der Waals surface area (Å²) in [7, 11) is -2.13. The molecule has 2 amide bonds. The van der Waals surface area contributed by atoms with Gasteiger partial charge in [0, 0.05) is 17.9 Å². The smallest absolute Gasteiger partial charge is 0.407 e. The number of nitrogens with one attached hydrogen (secondary N) is 1. The van der Waals surface area contributed by atoms with Crippen molar-refractivity contribution in [1.29, 1.82) is 0 Å². The largest absolute Gasteiger partial charge is 0.465 e. The monoisotopic (exact) mass is 719 g/mol. The number of rotatable bonds is 12. The number of benzene rings is 2. The van der Waals surface area contributed by atoms with Gasteiger partial charge in [0.25, 0.3) is 0 Å². The molecule has 2 aromatic carbocycles. The molecule has 0 bridgehead atoms. The van der Waals surface area contributed by atoms with Crippen molar-refractivity contribution >= 4 is 37.6 Å². The highest BCUT2D eigenvalue weighted by atomic mass is 35.5. The van der Waals surface area contributed by atoms with Crippen LogP contribution in [0.15, 0.2) is 54.9 Å². The highest BCUT2D eigenvalue weighted by molar-refractivity contribution is 6.74. The predicted octanol–water partition coefficient (Wildman–Crippen LogP) is 8.97. The molecule has 49 heavy (non-hydrogen) atoms. The van der Waals surface area contributed by atoms with Gasteiger partial charge in [-0.15, -0.1) is 0 Å². The van der Waals surface area contributed by atoms with Gasteiger partial charge < -0.3 is 19.6 Å². The van der Waals surface area contributed by atoms with Gasteiger partial charge in [-0.1, -0.05) is 57.5 Å². The van der Waals surface area contributed by atoms with Gasteiger partial charge in [-0.3, -0.25) is 14.7 Å². The molecule has 0 radical (unpaired) electrons. The molecule has 1 aliphatic rings.